The number of aromatic nitrogens is 3. The summed E-state index contributed by atoms with van der Waals surface area (Å²) in [5.41, 5.74) is 1.74. The third kappa shape index (κ3) is 5.07. The van der Waals surface area contributed by atoms with E-state index in [-0.39, 0.29) is 18.2 Å². The van der Waals surface area contributed by atoms with Gasteiger partial charge in [-0.05, 0) is 42.7 Å². The van der Waals surface area contributed by atoms with Crippen molar-refractivity contribution in [2.45, 2.75) is 24.9 Å². The van der Waals surface area contributed by atoms with E-state index in [1.165, 1.54) is 10.6 Å². The number of pyridine rings is 1. The van der Waals surface area contributed by atoms with Gasteiger partial charge in [0, 0.05) is 43.3 Å². The molecular weight excluding hydrogens is 439 g/mol. The first-order valence-corrected chi connectivity index (χ1v) is 10.8. The van der Waals surface area contributed by atoms with Gasteiger partial charge < -0.3 is 19.7 Å². The van der Waals surface area contributed by atoms with E-state index in [1.54, 1.807) is 42.7 Å². The van der Waals surface area contributed by atoms with Crippen LogP contribution in [0.4, 0.5) is 5.95 Å². The molecule has 1 atom stereocenters. The fraction of sp³-hybridized carbons (Fsp3) is 0.318. The third-order valence-electron chi connectivity index (χ3n) is 5.29. The maximum Gasteiger partial charge on any atom is 0.251 e. The van der Waals surface area contributed by atoms with Gasteiger partial charge in [0.25, 0.3) is 5.56 Å². The van der Waals surface area contributed by atoms with E-state index in [0.717, 1.165) is 26.1 Å². The Morgan fingerprint density at radius 2 is 1.97 bits per heavy atom. The zero-order valence-corrected chi connectivity index (χ0v) is 18.2. The van der Waals surface area contributed by atoms with Crippen LogP contribution in [0.1, 0.15) is 24.4 Å². The molecule has 1 aliphatic rings. The number of hydrogen-bond acceptors (Lipinski definition) is 6. The number of benzene rings is 1. The number of nitrogens with one attached hydrogen (secondary N) is 1. The summed E-state index contributed by atoms with van der Waals surface area (Å²) in [6.45, 7) is 1.19. The predicted octanol–water partition coefficient (Wildman–Crippen LogP) is 3.78. The Kier molecular flexibility index (Phi) is 6.87. The maximum atomic E-state index is 12.9. The van der Waals surface area contributed by atoms with Crippen molar-refractivity contribution in [2.24, 2.45) is 0 Å². The molecule has 3 aromatic rings. The topological polar surface area (TPSA) is 89.3 Å². The van der Waals surface area contributed by atoms with Gasteiger partial charge in [0.1, 0.15) is 0 Å². The largest absolute Gasteiger partial charge is 0.394 e. The normalized spacial score (nSPS) is 15.6. The molecule has 1 aromatic carbocycles. The summed E-state index contributed by atoms with van der Waals surface area (Å²) in [7, 11) is 0. The number of aliphatic hydroxyl groups is 1. The van der Waals surface area contributed by atoms with E-state index in [9.17, 15) is 9.90 Å². The van der Waals surface area contributed by atoms with Gasteiger partial charge in [-0.1, -0.05) is 29.3 Å². The Labute approximate surface area is 189 Å². The van der Waals surface area contributed by atoms with Crippen LogP contribution in [0.3, 0.4) is 0 Å². The number of rotatable bonds is 6. The molecule has 31 heavy (non-hydrogen) atoms. The number of nitrogens with zero attached hydrogens (tertiary/aromatic N) is 3. The van der Waals surface area contributed by atoms with Crippen LogP contribution in [0.15, 0.2) is 53.6 Å². The molecule has 4 rings (SSSR count). The van der Waals surface area contributed by atoms with Gasteiger partial charge in [-0.2, -0.15) is 0 Å². The molecule has 0 unspecified atom stereocenters. The average molecular weight is 461 g/mol. The smallest absolute Gasteiger partial charge is 0.251 e. The summed E-state index contributed by atoms with van der Waals surface area (Å²) < 4.78 is 6.84. The van der Waals surface area contributed by atoms with Crippen molar-refractivity contribution in [2.75, 3.05) is 25.1 Å². The van der Waals surface area contributed by atoms with Crippen molar-refractivity contribution < 1.29 is 9.84 Å². The Morgan fingerprint density at radius 3 is 2.68 bits per heavy atom. The molecular formula is C22H22Cl2N4O3. The molecule has 162 valence electrons. The van der Waals surface area contributed by atoms with Gasteiger partial charge in [0.05, 0.1) is 28.4 Å². The molecule has 2 N–H and O–H groups in total. The molecule has 0 radical (unpaired) electrons. The quantitative estimate of drug-likeness (QED) is 0.581. The van der Waals surface area contributed by atoms with Crippen molar-refractivity contribution in [1.29, 1.82) is 0 Å². The van der Waals surface area contributed by atoms with Gasteiger partial charge in [-0.3, -0.25) is 4.79 Å². The van der Waals surface area contributed by atoms with Crippen LogP contribution >= 0.6 is 23.2 Å². The molecule has 0 bridgehead atoms. The second kappa shape index (κ2) is 9.78. The first-order chi connectivity index (χ1) is 15.0. The van der Waals surface area contributed by atoms with Crippen LogP contribution in [-0.4, -0.2) is 45.5 Å². The lowest BCUT2D eigenvalue weighted by Crippen LogP contribution is -2.28. The van der Waals surface area contributed by atoms with Crippen molar-refractivity contribution in [1.82, 2.24) is 14.5 Å². The average Bonchev–Trinajstić information content (AvgIpc) is 2.78. The lowest BCUT2D eigenvalue weighted by molar-refractivity contribution is 0.0903. The number of halogens is 2. The third-order valence-corrected chi connectivity index (χ3v) is 6.03. The molecule has 1 fully saturated rings. The highest BCUT2D eigenvalue weighted by Gasteiger charge is 2.17. The molecule has 0 saturated carbocycles. The monoisotopic (exact) mass is 460 g/mol. The molecule has 3 heterocycles. The molecule has 1 aliphatic heterocycles. The van der Waals surface area contributed by atoms with E-state index in [2.05, 4.69) is 15.3 Å². The fourth-order valence-electron chi connectivity index (χ4n) is 3.59. The van der Waals surface area contributed by atoms with Gasteiger partial charge >= 0.3 is 0 Å². The summed E-state index contributed by atoms with van der Waals surface area (Å²) in [6.07, 6.45) is 5.12. The molecule has 9 heteroatoms. The Balaban J connectivity index is 1.59. The minimum atomic E-state index is -0.576. The molecule has 0 aliphatic carbocycles. The summed E-state index contributed by atoms with van der Waals surface area (Å²) in [5.74, 6) is 0.526. The minimum Gasteiger partial charge on any atom is -0.394 e. The highest BCUT2D eigenvalue weighted by atomic mass is 35.5. The summed E-state index contributed by atoms with van der Waals surface area (Å²) in [5, 5.41) is 14.0. The molecule has 1 saturated heterocycles. The van der Waals surface area contributed by atoms with Crippen molar-refractivity contribution in [3.8, 4) is 11.3 Å². The van der Waals surface area contributed by atoms with Gasteiger partial charge in [0.15, 0.2) is 0 Å². The summed E-state index contributed by atoms with van der Waals surface area (Å²) >= 11 is 12.1. The van der Waals surface area contributed by atoms with Crippen LogP contribution in [0.5, 0.6) is 0 Å². The Hall–Kier alpha value is -2.45. The molecule has 0 spiro atoms. The fourth-order valence-corrected chi connectivity index (χ4v) is 3.90. The second-order valence-corrected chi connectivity index (χ2v) is 8.14. The predicted molar refractivity (Wildman–Crippen MR) is 121 cm³/mol. The summed E-state index contributed by atoms with van der Waals surface area (Å²) in [6, 6.07) is 9.80. The Bertz CT molecular complexity index is 1120. The maximum absolute atomic E-state index is 12.9. The highest BCUT2D eigenvalue weighted by molar-refractivity contribution is 6.42. The lowest BCUT2D eigenvalue weighted by Gasteiger charge is -2.23. The van der Waals surface area contributed by atoms with E-state index in [4.69, 9.17) is 27.9 Å². The van der Waals surface area contributed by atoms with Gasteiger partial charge in [-0.15, -0.1) is 0 Å². The zero-order valence-electron chi connectivity index (χ0n) is 16.7. The van der Waals surface area contributed by atoms with Crippen molar-refractivity contribution >= 4 is 29.2 Å². The minimum absolute atomic E-state index is 0.260. The zero-order chi connectivity index (χ0) is 21.8. The molecule has 0 amide bonds. The first-order valence-electron chi connectivity index (χ1n) is 10.0. The SMILES string of the molecule is O=c1cc(-c2ccnc(NC3CCOCC3)n2)ccn1[C@H](CO)c1ccc(Cl)c(Cl)c1. The van der Waals surface area contributed by atoms with Crippen molar-refractivity contribution in [3.63, 3.8) is 0 Å². The lowest BCUT2D eigenvalue weighted by atomic mass is 10.1. The highest BCUT2D eigenvalue weighted by Crippen LogP contribution is 2.27. The number of hydrogen-bond donors (Lipinski definition) is 2. The number of ether oxygens (including phenoxy) is 1. The number of anilines is 1. The van der Waals surface area contributed by atoms with Crippen LogP contribution in [0.25, 0.3) is 11.3 Å². The van der Waals surface area contributed by atoms with Crippen molar-refractivity contribution in [3.05, 3.63) is 74.8 Å². The molecule has 7 nitrogen and oxygen atoms in total. The standard InChI is InChI=1S/C22H22Cl2N4O3/c23-17-2-1-15(11-18(17)24)20(13-29)28-8-4-14(12-21(28)30)19-3-7-25-22(27-19)26-16-5-9-31-10-6-16/h1-4,7-8,11-12,16,20,29H,5-6,9-10,13H2,(H,25,26,27)/t20-/m1/s1. The van der Waals surface area contributed by atoms with Gasteiger partial charge in [-0.25, -0.2) is 9.97 Å². The van der Waals surface area contributed by atoms with Crippen LogP contribution in [-0.2, 0) is 4.74 Å². The first kappa shape index (κ1) is 21.8. The second-order valence-electron chi connectivity index (χ2n) is 7.33. The van der Waals surface area contributed by atoms with E-state index >= 15 is 0 Å². The van der Waals surface area contributed by atoms with E-state index in [0.29, 0.717) is 32.8 Å². The van der Waals surface area contributed by atoms with Gasteiger partial charge in [0.2, 0.25) is 5.95 Å². The van der Waals surface area contributed by atoms with E-state index < -0.39 is 6.04 Å². The number of aliphatic hydroxyl groups excluding tert-OH is 1. The van der Waals surface area contributed by atoms with Crippen LogP contribution in [0, 0.1) is 0 Å². The summed E-state index contributed by atoms with van der Waals surface area (Å²) in [4.78, 5) is 21.7. The molecule has 2 aromatic heterocycles. The van der Waals surface area contributed by atoms with E-state index in [1.807, 2.05) is 0 Å². The Morgan fingerprint density at radius 1 is 1.16 bits per heavy atom. The van der Waals surface area contributed by atoms with Crippen LogP contribution < -0.4 is 10.9 Å². The van der Waals surface area contributed by atoms with Crippen LogP contribution in [0.2, 0.25) is 10.0 Å².